The largest absolute Gasteiger partial charge is 0.497 e. The van der Waals surface area contributed by atoms with E-state index in [0.717, 1.165) is 16.7 Å². The van der Waals surface area contributed by atoms with Crippen molar-refractivity contribution in [3.63, 3.8) is 0 Å². The normalized spacial score (nSPS) is 12.5. The second kappa shape index (κ2) is 6.07. The van der Waals surface area contributed by atoms with Crippen LogP contribution in [-0.2, 0) is 6.54 Å². The van der Waals surface area contributed by atoms with Crippen molar-refractivity contribution in [1.82, 2.24) is 0 Å². The van der Waals surface area contributed by atoms with Crippen molar-refractivity contribution in [2.24, 2.45) is 0 Å². The fourth-order valence-corrected chi connectivity index (χ4v) is 2.48. The molecule has 0 bridgehead atoms. The molecule has 0 saturated carbocycles. The van der Waals surface area contributed by atoms with Gasteiger partial charge in [0.15, 0.2) is 5.76 Å². The van der Waals surface area contributed by atoms with Gasteiger partial charge in [-0.2, -0.15) is 0 Å². The molecule has 1 atom stereocenters. The molecule has 0 saturated heterocycles. The van der Waals surface area contributed by atoms with Gasteiger partial charge in [0.2, 0.25) is 0 Å². The van der Waals surface area contributed by atoms with Crippen LogP contribution in [0.5, 0.6) is 5.75 Å². The summed E-state index contributed by atoms with van der Waals surface area (Å²) in [7, 11) is 1.59. The molecule has 0 spiro atoms. The summed E-state index contributed by atoms with van der Waals surface area (Å²) >= 11 is 0. The Labute approximate surface area is 127 Å². The van der Waals surface area contributed by atoms with Gasteiger partial charge >= 0.3 is 5.63 Å². The van der Waals surface area contributed by atoms with Gasteiger partial charge in [0.1, 0.15) is 23.9 Å². The quantitative estimate of drug-likeness (QED) is 0.734. The lowest BCUT2D eigenvalue weighted by Crippen LogP contribution is -2.83. The van der Waals surface area contributed by atoms with Crippen molar-refractivity contribution >= 4 is 11.0 Å². The molecule has 5 heteroatoms. The number of nitrogens with two attached hydrogens (primary N) is 1. The van der Waals surface area contributed by atoms with E-state index in [0.29, 0.717) is 17.9 Å². The number of hydrogen-bond donors (Lipinski definition) is 1. The number of rotatable bonds is 5. The fraction of sp³-hybridized carbons (Fsp3) is 0.235. The molecule has 2 N–H and O–H groups in total. The summed E-state index contributed by atoms with van der Waals surface area (Å²) in [5.41, 5.74) is 1.13. The third-order valence-electron chi connectivity index (χ3n) is 3.72. The molecule has 114 valence electrons. The molecule has 0 aliphatic carbocycles. The number of furan rings is 1. The molecule has 0 aliphatic rings. The van der Waals surface area contributed by atoms with Crippen molar-refractivity contribution in [2.45, 2.75) is 19.5 Å². The molecule has 5 nitrogen and oxygen atoms in total. The van der Waals surface area contributed by atoms with Gasteiger partial charge in [-0.25, -0.2) is 4.79 Å². The Morgan fingerprint density at radius 1 is 1.27 bits per heavy atom. The molecule has 0 aliphatic heterocycles. The molecular weight excluding hydrogens is 282 g/mol. The summed E-state index contributed by atoms with van der Waals surface area (Å²) in [6.45, 7) is 2.73. The lowest BCUT2D eigenvalue weighted by molar-refractivity contribution is -0.709. The monoisotopic (exact) mass is 300 g/mol. The fourth-order valence-electron chi connectivity index (χ4n) is 2.48. The van der Waals surface area contributed by atoms with E-state index < -0.39 is 0 Å². The van der Waals surface area contributed by atoms with Crippen molar-refractivity contribution in [3.05, 3.63) is 64.4 Å². The van der Waals surface area contributed by atoms with Gasteiger partial charge in [0.25, 0.3) is 0 Å². The van der Waals surface area contributed by atoms with Crippen molar-refractivity contribution < 1.29 is 18.9 Å². The van der Waals surface area contributed by atoms with E-state index in [-0.39, 0.29) is 11.7 Å². The van der Waals surface area contributed by atoms with Crippen LogP contribution < -0.4 is 15.7 Å². The van der Waals surface area contributed by atoms with Crippen LogP contribution in [0.2, 0.25) is 0 Å². The number of ether oxygens (including phenoxy) is 1. The van der Waals surface area contributed by atoms with Gasteiger partial charge in [-0.1, -0.05) is 0 Å². The lowest BCUT2D eigenvalue weighted by Gasteiger charge is -2.10. The van der Waals surface area contributed by atoms with Crippen molar-refractivity contribution in [2.75, 3.05) is 7.11 Å². The minimum atomic E-state index is -0.352. The zero-order chi connectivity index (χ0) is 15.5. The number of quaternary nitrogens is 1. The van der Waals surface area contributed by atoms with E-state index in [1.165, 1.54) is 0 Å². The Balaban J connectivity index is 1.88. The SMILES string of the molecule is COc1ccc2c(C[NH2+][C@@H](C)c3ccco3)cc(=O)oc2c1. The highest BCUT2D eigenvalue weighted by molar-refractivity contribution is 5.81. The van der Waals surface area contributed by atoms with Crippen LogP contribution in [0.25, 0.3) is 11.0 Å². The molecule has 3 aromatic rings. The maximum Gasteiger partial charge on any atom is 0.336 e. The highest BCUT2D eigenvalue weighted by Gasteiger charge is 2.14. The van der Waals surface area contributed by atoms with E-state index in [1.807, 2.05) is 24.3 Å². The molecule has 3 rings (SSSR count). The molecular formula is C17H18NO4+. The first-order valence-corrected chi connectivity index (χ1v) is 7.15. The van der Waals surface area contributed by atoms with E-state index in [4.69, 9.17) is 13.6 Å². The molecule has 2 heterocycles. The molecule has 0 fully saturated rings. The summed E-state index contributed by atoms with van der Waals surface area (Å²) in [4.78, 5) is 11.7. The minimum Gasteiger partial charge on any atom is -0.497 e. The van der Waals surface area contributed by atoms with Gasteiger partial charge in [-0.3, -0.25) is 0 Å². The predicted octanol–water partition coefficient (Wildman–Crippen LogP) is 2.22. The van der Waals surface area contributed by atoms with Gasteiger partial charge < -0.3 is 18.9 Å². The Kier molecular flexibility index (Phi) is 3.98. The van der Waals surface area contributed by atoms with Gasteiger partial charge in [-0.15, -0.1) is 0 Å². The highest BCUT2D eigenvalue weighted by Crippen LogP contribution is 2.22. The average Bonchev–Trinajstić information content (AvgIpc) is 3.05. The number of benzene rings is 1. The van der Waals surface area contributed by atoms with Crippen LogP contribution in [0, 0.1) is 0 Å². The summed E-state index contributed by atoms with van der Waals surface area (Å²) in [6, 6.07) is 11.0. The van der Waals surface area contributed by atoms with E-state index >= 15 is 0 Å². The molecule has 0 amide bonds. The second-order valence-electron chi connectivity index (χ2n) is 5.20. The Morgan fingerprint density at radius 3 is 2.86 bits per heavy atom. The molecule has 1 aromatic carbocycles. The molecule has 0 radical (unpaired) electrons. The van der Waals surface area contributed by atoms with Crippen LogP contribution in [0.15, 0.2) is 56.3 Å². The van der Waals surface area contributed by atoms with Crippen LogP contribution in [0.3, 0.4) is 0 Å². The van der Waals surface area contributed by atoms with Crippen LogP contribution in [-0.4, -0.2) is 7.11 Å². The first-order valence-electron chi connectivity index (χ1n) is 7.15. The highest BCUT2D eigenvalue weighted by atomic mass is 16.5. The van der Waals surface area contributed by atoms with Crippen molar-refractivity contribution in [1.29, 1.82) is 0 Å². The van der Waals surface area contributed by atoms with Crippen molar-refractivity contribution in [3.8, 4) is 5.75 Å². The first kappa shape index (κ1) is 14.4. The van der Waals surface area contributed by atoms with Crippen LogP contribution >= 0.6 is 0 Å². The molecule has 22 heavy (non-hydrogen) atoms. The molecule has 0 unspecified atom stereocenters. The number of fused-ring (bicyclic) bond motifs is 1. The Hall–Kier alpha value is -2.53. The summed E-state index contributed by atoms with van der Waals surface area (Å²) in [5.74, 6) is 1.58. The topological polar surface area (TPSA) is 69.2 Å². The second-order valence-corrected chi connectivity index (χ2v) is 5.20. The first-order chi connectivity index (χ1) is 10.7. The van der Waals surface area contributed by atoms with E-state index in [1.54, 1.807) is 25.5 Å². The Morgan fingerprint density at radius 2 is 2.14 bits per heavy atom. The van der Waals surface area contributed by atoms with E-state index in [9.17, 15) is 4.79 Å². The summed E-state index contributed by atoms with van der Waals surface area (Å²) in [6.07, 6.45) is 1.67. The van der Waals surface area contributed by atoms with Gasteiger partial charge in [0.05, 0.1) is 13.4 Å². The predicted molar refractivity (Wildman–Crippen MR) is 81.8 cm³/mol. The van der Waals surface area contributed by atoms with Crippen LogP contribution in [0.4, 0.5) is 0 Å². The molecule has 2 aromatic heterocycles. The minimum absolute atomic E-state index is 0.176. The van der Waals surface area contributed by atoms with Gasteiger partial charge in [-0.05, 0) is 31.2 Å². The van der Waals surface area contributed by atoms with Crippen LogP contribution in [0.1, 0.15) is 24.3 Å². The Bertz CT molecular complexity index is 820. The summed E-state index contributed by atoms with van der Waals surface area (Å²) in [5, 5.41) is 3.04. The third kappa shape index (κ3) is 2.89. The summed E-state index contributed by atoms with van der Waals surface area (Å²) < 4.78 is 15.8. The van der Waals surface area contributed by atoms with Gasteiger partial charge in [0, 0.05) is 23.1 Å². The van der Waals surface area contributed by atoms with E-state index in [2.05, 4.69) is 12.2 Å². The number of methoxy groups -OCH3 is 1. The maximum atomic E-state index is 11.7. The standard InChI is InChI=1S/C17H17NO4/c1-11(15-4-3-7-21-15)18-10-12-8-17(19)22-16-9-13(20-2)5-6-14(12)16/h3-9,11,18H,10H2,1-2H3/p+1/t11-/m0/s1. The lowest BCUT2D eigenvalue weighted by atomic mass is 10.1. The number of hydrogen-bond acceptors (Lipinski definition) is 4. The smallest absolute Gasteiger partial charge is 0.336 e. The zero-order valence-electron chi connectivity index (χ0n) is 12.5. The zero-order valence-corrected chi connectivity index (χ0v) is 12.5. The third-order valence-corrected chi connectivity index (χ3v) is 3.72. The maximum absolute atomic E-state index is 11.7. The average molecular weight is 300 g/mol.